The molecule has 0 radical (unpaired) electrons. The van der Waals surface area contributed by atoms with Gasteiger partial charge in [-0.15, -0.1) is 0 Å². The van der Waals surface area contributed by atoms with Gasteiger partial charge in [0.25, 0.3) is 5.91 Å². The Morgan fingerprint density at radius 3 is 2.56 bits per heavy atom. The molecule has 0 spiro atoms. The highest BCUT2D eigenvalue weighted by atomic mass is 17.2. The van der Waals surface area contributed by atoms with E-state index in [0.717, 1.165) is 71.5 Å². The summed E-state index contributed by atoms with van der Waals surface area (Å²) in [5, 5.41) is 7.76. The molecule has 3 atom stereocenters. The van der Waals surface area contributed by atoms with Crippen LogP contribution in [0.15, 0.2) is 48.5 Å². The highest BCUT2D eigenvalue weighted by Crippen LogP contribution is 2.55. The van der Waals surface area contributed by atoms with Crippen molar-refractivity contribution in [2.75, 3.05) is 13.7 Å². The molecule has 0 aliphatic carbocycles. The number of carbonyl (C=O) groups excluding carboxylic acids is 1. The van der Waals surface area contributed by atoms with Gasteiger partial charge < -0.3 is 19.2 Å². The smallest absolute Gasteiger partial charge is 0.252 e. The molecular formula is C32H33N3O4. The van der Waals surface area contributed by atoms with Gasteiger partial charge in [0.2, 0.25) is 0 Å². The van der Waals surface area contributed by atoms with Crippen molar-refractivity contribution in [3.63, 3.8) is 0 Å². The molecule has 1 saturated heterocycles. The number of nitrogens with one attached hydrogen (secondary N) is 1. The second-order valence-corrected chi connectivity index (χ2v) is 11.5. The molecule has 3 aliphatic heterocycles. The van der Waals surface area contributed by atoms with E-state index >= 15 is 0 Å². The minimum absolute atomic E-state index is 0.0290. The first kappa shape index (κ1) is 23.5. The molecular weight excluding hydrogens is 490 g/mol. The second kappa shape index (κ2) is 8.55. The fraction of sp³-hybridized carbons (Fsp3) is 0.406. The minimum Gasteiger partial charge on any atom is -0.348 e. The summed E-state index contributed by atoms with van der Waals surface area (Å²) in [5.41, 5.74) is 6.13. The number of para-hydroxylation sites is 2. The van der Waals surface area contributed by atoms with Gasteiger partial charge in [-0.05, 0) is 50.3 Å². The molecule has 5 heterocycles. The van der Waals surface area contributed by atoms with Gasteiger partial charge >= 0.3 is 0 Å². The van der Waals surface area contributed by atoms with Crippen molar-refractivity contribution in [3.05, 3.63) is 59.7 Å². The summed E-state index contributed by atoms with van der Waals surface area (Å²) in [4.78, 5) is 23.2. The summed E-state index contributed by atoms with van der Waals surface area (Å²) in [6.07, 6.45) is 6.25. The molecule has 39 heavy (non-hydrogen) atoms. The molecule has 3 aliphatic rings. The minimum atomic E-state index is -0.509. The third-order valence-corrected chi connectivity index (χ3v) is 9.54. The average Bonchev–Trinajstić information content (AvgIpc) is 3.59. The van der Waals surface area contributed by atoms with E-state index in [2.05, 4.69) is 69.9 Å². The molecule has 200 valence electrons. The summed E-state index contributed by atoms with van der Waals surface area (Å²) in [6.45, 7) is 3.49. The summed E-state index contributed by atoms with van der Waals surface area (Å²) >= 11 is 0. The van der Waals surface area contributed by atoms with Crippen LogP contribution in [0.2, 0.25) is 0 Å². The predicted octanol–water partition coefficient (Wildman–Crippen LogP) is 6.90. The van der Waals surface area contributed by atoms with E-state index in [0.29, 0.717) is 19.1 Å². The van der Waals surface area contributed by atoms with E-state index < -0.39 is 5.72 Å². The van der Waals surface area contributed by atoms with Crippen molar-refractivity contribution in [1.82, 2.24) is 14.5 Å². The van der Waals surface area contributed by atoms with Crippen LogP contribution in [-0.2, 0) is 26.8 Å². The number of hydrogen-bond acceptors (Lipinski definition) is 4. The lowest BCUT2D eigenvalue weighted by molar-refractivity contribution is -0.272. The molecule has 2 bridgehead atoms. The third-order valence-electron chi connectivity index (χ3n) is 9.54. The highest BCUT2D eigenvalue weighted by Gasteiger charge is 2.48. The zero-order chi connectivity index (χ0) is 26.3. The van der Waals surface area contributed by atoms with E-state index in [1.165, 1.54) is 21.8 Å². The summed E-state index contributed by atoms with van der Waals surface area (Å²) in [6, 6.07) is 17.2. The Kier molecular flexibility index (Phi) is 5.15. The van der Waals surface area contributed by atoms with Gasteiger partial charge in [-0.2, -0.15) is 0 Å². The Bertz CT molecular complexity index is 1800. The van der Waals surface area contributed by atoms with Crippen molar-refractivity contribution in [2.45, 2.75) is 63.9 Å². The van der Waals surface area contributed by atoms with Crippen molar-refractivity contribution < 1.29 is 19.3 Å². The van der Waals surface area contributed by atoms with E-state index in [1.807, 2.05) is 0 Å². The van der Waals surface area contributed by atoms with Crippen LogP contribution in [0.4, 0.5) is 0 Å². The number of rotatable bonds is 7. The van der Waals surface area contributed by atoms with E-state index in [9.17, 15) is 4.79 Å². The maximum absolute atomic E-state index is 13.4. The molecule has 5 aromatic rings. The molecule has 3 aromatic carbocycles. The van der Waals surface area contributed by atoms with Gasteiger partial charge in [0.05, 0.1) is 41.3 Å². The van der Waals surface area contributed by atoms with Crippen molar-refractivity contribution >= 4 is 49.5 Å². The Morgan fingerprint density at radius 1 is 0.974 bits per heavy atom. The fourth-order valence-corrected chi connectivity index (χ4v) is 7.92. The number of nitrogens with zero attached hydrogens (tertiary/aromatic N) is 2. The van der Waals surface area contributed by atoms with Crippen LogP contribution >= 0.6 is 0 Å². The number of aromatic nitrogens is 2. The van der Waals surface area contributed by atoms with Crippen molar-refractivity contribution in [2.24, 2.45) is 5.92 Å². The van der Waals surface area contributed by atoms with E-state index in [4.69, 9.17) is 14.5 Å². The van der Waals surface area contributed by atoms with E-state index in [1.54, 1.807) is 7.11 Å². The molecule has 2 unspecified atom stereocenters. The zero-order valence-electron chi connectivity index (χ0n) is 22.5. The first-order valence-electron chi connectivity index (χ1n) is 14.3. The number of hydrogen-bond donors (Lipinski definition) is 1. The maximum Gasteiger partial charge on any atom is 0.252 e. The number of ether oxygens (including phenoxy) is 1. The van der Waals surface area contributed by atoms with Crippen molar-refractivity contribution in [1.29, 1.82) is 0 Å². The second-order valence-electron chi connectivity index (χ2n) is 11.5. The molecule has 7 nitrogen and oxygen atoms in total. The van der Waals surface area contributed by atoms with E-state index in [-0.39, 0.29) is 12.1 Å². The van der Waals surface area contributed by atoms with Crippen LogP contribution < -0.4 is 5.32 Å². The van der Waals surface area contributed by atoms with Gasteiger partial charge in [0.15, 0.2) is 0 Å². The van der Waals surface area contributed by atoms with Crippen LogP contribution in [-0.4, -0.2) is 28.8 Å². The largest absolute Gasteiger partial charge is 0.348 e. The van der Waals surface area contributed by atoms with Gasteiger partial charge in [-0.1, -0.05) is 49.2 Å². The normalized spacial score (nSPS) is 23.8. The van der Waals surface area contributed by atoms with Crippen LogP contribution in [0.1, 0.15) is 67.6 Å². The quantitative estimate of drug-likeness (QED) is 0.143. The molecule has 1 amide bonds. The monoisotopic (exact) mass is 523 g/mol. The number of benzene rings is 3. The molecule has 2 aromatic heterocycles. The molecule has 1 N–H and O–H groups in total. The standard InChI is InChI=1S/C32H33N3O4/c1-32-19(10-4-3-9-17-38-37-2)15-16-25(39-32)34-23-13-7-5-11-20(23)27-28-22(18-33-31(28)36)26-21-12-6-8-14-24(21)35(32)30(26)29(27)34/h5-8,11-14,19,25H,3-4,9-10,15-18H2,1-2H3,(H,33,36)/t19?,25?,32-/m0/s1. The number of unbranched alkanes of at least 4 members (excludes halogenated alkanes) is 2. The predicted molar refractivity (Wildman–Crippen MR) is 152 cm³/mol. The van der Waals surface area contributed by atoms with Gasteiger partial charge in [-0.3, -0.25) is 4.79 Å². The maximum atomic E-state index is 13.4. The molecule has 1 fully saturated rings. The highest BCUT2D eigenvalue weighted by molar-refractivity contribution is 6.30. The lowest BCUT2D eigenvalue weighted by Gasteiger charge is -2.45. The lowest BCUT2D eigenvalue weighted by Crippen LogP contribution is -2.45. The molecule has 8 rings (SSSR count). The molecule has 0 saturated carbocycles. The van der Waals surface area contributed by atoms with Crippen LogP contribution in [0.5, 0.6) is 0 Å². The summed E-state index contributed by atoms with van der Waals surface area (Å²) in [7, 11) is 1.56. The average molecular weight is 524 g/mol. The van der Waals surface area contributed by atoms with Crippen LogP contribution in [0, 0.1) is 5.92 Å². The fourth-order valence-electron chi connectivity index (χ4n) is 7.92. The van der Waals surface area contributed by atoms with Crippen LogP contribution in [0.3, 0.4) is 0 Å². The Hall–Kier alpha value is -3.39. The van der Waals surface area contributed by atoms with Gasteiger partial charge in [0.1, 0.15) is 12.0 Å². The zero-order valence-corrected chi connectivity index (χ0v) is 22.5. The van der Waals surface area contributed by atoms with Gasteiger partial charge in [0, 0.05) is 34.0 Å². The lowest BCUT2D eigenvalue weighted by atomic mass is 9.84. The number of fused-ring (bicyclic) bond motifs is 13. The first-order valence-corrected chi connectivity index (χ1v) is 14.3. The Balaban J connectivity index is 1.43. The Labute approximate surface area is 226 Å². The van der Waals surface area contributed by atoms with Gasteiger partial charge in [-0.25, -0.2) is 9.78 Å². The Morgan fingerprint density at radius 2 is 1.74 bits per heavy atom. The SMILES string of the molecule is COOCCCCCC1CCC2O[C@]1(C)n1c3ccccc3c3c4c(c5c6ccccc6n2c5c31)C(=O)NC4. The summed E-state index contributed by atoms with van der Waals surface area (Å²) < 4.78 is 12.2. The van der Waals surface area contributed by atoms with Crippen LogP contribution in [0.25, 0.3) is 43.6 Å². The third kappa shape index (κ3) is 3.06. The molecule has 7 heteroatoms. The summed E-state index contributed by atoms with van der Waals surface area (Å²) in [5.74, 6) is 0.399. The van der Waals surface area contributed by atoms with Crippen molar-refractivity contribution in [3.8, 4) is 0 Å². The topological polar surface area (TPSA) is 66.7 Å². The number of amides is 1. The number of carbonyl (C=O) groups is 1. The first-order chi connectivity index (χ1) is 19.1.